The molecule has 0 saturated carbocycles. The Labute approximate surface area is 125 Å². The first-order valence-corrected chi connectivity index (χ1v) is 9.39. The number of nitrogens with zero attached hydrogens (tertiary/aromatic N) is 2. The summed E-state index contributed by atoms with van der Waals surface area (Å²) in [6, 6.07) is -0.863. The minimum absolute atomic E-state index is 0. The van der Waals surface area contributed by atoms with Crippen LogP contribution in [0.2, 0.25) is 0 Å². The molecule has 0 aromatic carbocycles. The standard InChI is InChI=1S/C6H9N3O2.2ClH.HNO2.2H2N.Pt/c7-5(6(10)11)1-4-2-8-3-9-4;;;2-1-3;;;/h2-3,5H,1,7H2,(H,8,9)(H,10,11);2*1H;(H,2,3);2*1H2;/q;;;;2*-1;+4/p-3. The number of aromatic nitrogens is 2. The molecule has 0 aliphatic rings. The smallest absolute Gasteiger partial charge is 0.693 e. The van der Waals surface area contributed by atoms with E-state index < -0.39 is 28.5 Å². The molecule has 10 nitrogen and oxygen atoms in total. The van der Waals surface area contributed by atoms with Gasteiger partial charge in [-0.3, -0.25) is 4.79 Å². The maximum Gasteiger partial charge on any atom is -0.693 e. The first kappa shape index (κ1) is 26.7. The number of carbonyl (C=O) groups is 1. The van der Waals surface area contributed by atoms with E-state index in [0.29, 0.717) is 5.69 Å². The first-order chi connectivity index (χ1) is 8.03. The van der Waals surface area contributed by atoms with Crippen LogP contribution in [-0.2, 0) is 27.7 Å². The van der Waals surface area contributed by atoms with Crippen LogP contribution < -0.4 is 5.73 Å². The zero-order valence-electron chi connectivity index (χ0n) is 9.31. The van der Waals surface area contributed by atoms with Gasteiger partial charge in [-0.1, -0.05) is 0 Å². The molecule has 0 radical (unpaired) electrons. The third-order valence-corrected chi connectivity index (χ3v) is 1.30. The zero-order chi connectivity index (χ0) is 13.7. The molecule has 0 aliphatic heterocycles. The van der Waals surface area contributed by atoms with Gasteiger partial charge in [0.25, 0.3) is 0 Å². The Morgan fingerprint density at radius 1 is 1.63 bits per heavy atom. The van der Waals surface area contributed by atoms with Crippen molar-refractivity contribution in [1.29, 1.82) is 0 Å². The van der Waals surface area contributed by atoms with Crippen molar-refractivity contribution >= 4 is 24.8 Å². The molecule has 0 bridgehead atoms. The monoisotopic (exact) mass is 498 g/mol. The summed E-state index contributed by atoms with van der Waals surface area (Å²) in [4.78, 5) is 24.8. The molecule has 1 atom stereocenters. The van der Waals surface area contributed by atoms with Crippen LogP contribution >= 0.6 is 18.8 Å². The number of imidazole rings is 1. The van der Waals surface area contributed by atoms with E-state index in [9.17, 15) is 4.79 Å². The van der Waals surface area contributed by atoms with E-state index in [1.165, 1.54) is 6.33 Å². The van der Waals surface area contributed by atoms with Crippen molar-refractivity contribution in [3.63, 3.8) is 0 Å². The van der Waals surface area contributed by atoms with Gasteiger partial charge in [-0.05, 0) is 0 Å². The second-order valence-electron chi connectivity index (χ2n) is 2.33. The molecule has 13 heteroatoms. The maximum absolute atomic E-state index is 10.3. The Bertz CT molecular complexity index is 304. The van der Waals surface area contributed by atoms with E-state index in [2.05, 4.69) is 9.97 Å². The minimum atomic E-state index is -1.01. The molecule has 116 valence electrons. The average Bonchev–Trinajstić information content (AvgIpc) is 2.72. The predicted octanol–water partition coefficient (Wildman–Crippen LogP) is 2.43. The van der Waals surface area contributed by atoms with E-state index >= 15 is 0 Å². The van der Waals surface area contributed by atoms with E-state index in [0.717, 1.165) is 5.34 Å². The summed E-state index contributed by atoms with van der Waals surface area (Å²) in [5.74, 6) is -1.01. The summed E-state index contributed by atoms with van der Waals surface area (Å²) in [7, 11) is 9.75. The van der Waals surface area contributed by atoms with Gasteiger partial charge in [0.15, 0.2) is 0 Å². The normalized spacial score (nSPS) is 9.21. The van der Waals surface area contributed by atoms with Gasteiger partial charge in [-0.25, -0.2) is 4.98 Å². The predicted molar refractivity (Wildman–Crippen MR) is 69.3 cm³/mol. The Balaban J connectivity index is -0.000000122. The number of nitrogens with two attached hydrogens (primary N) is 3. The summed E-state index contributed by atoms with van der Waals surface area (Å²) in [5, 5.41) is 17.4. The van der Waals surface area contributed by atoms with Crippen LogP contribution in [0.25, 0.3) is 12.3 Å². The molecule has 1 aromatic heterocycles. The number of aromatic amines is 1. The number of H-pyrrole nitrogens is 1. The van der Waals surface area contributed by atoms with E-state index in [1.807, 2.05) is 0 Å². The fraction of sp³-hybridized carbons (Fsp3) is 0.333. The Hall–Kier alpha value is -0.772. The molecule has 0 spiro atoms. The van der Waals surface area contributed by atoms with Crippen molar-refractivity contribution in [2.45, 2.75) is 12.5 Å². The maximum atomic E-state index is 10.3. The van der Waals surface area contributed by atoms with Crippen LogP contribution in [-0.4, -0.2) is 27.1 Å². The van der Waals surface area contributed by atoms with Gasteiger partial charge in [-0.15, -0.1) is 5.34 Å². The fourth-order valence-electron chi connectivity index (χ4n) is 0.715. The molecule has 0 aliphatic carbocycles. The molecule has 19 heavy (non-hydrogen) atoms. The largest absolute Gasteiger partial charge is 0.693 e. The van der Waals surface area contributed by atoms with Crippen LogP contribution in [0.5, 0.6) is 0 Å². The molecule has 0 amide bonds. The first-order valence-electron chi connectivity index (χ1n) is 3.76. The number of carboxylic acid groups (broad SMARTS) is 1. The summed E-state index contributed by atoms with van der Waals surface area (Å²) < 4.78 is 0. The Kier molecular flexibility index (Phi) is 27.5. The number of rotatable bonds is 3. The average molecular weight is 499 g/mol. The van der Waals surface area contributed by atoms with Gasteiger partial charge < -0.3 is 38.2 Å². The molecule has 0 fully saturated rings. The van der Waals surface area contributed by atoms with Gasteiger partial charge in [-0.2, -0.15) is 0 Å². The van der Waals surface area contributed by atoms with Crippen LogP contribution in [0.1, 0.15) is 5.69 Å². The van der Waals surface area contributed by atoms with Crippen LogP contribution in [0.4, 0.5) is 0 Å². The second-order valence-corrected chi connectivity index (χ2v) is 5.61. The van der Waals surface area contributed by atoms with Crippen molar-refractivity contribution in [3.05, 3.63) is 40.6 Å². The molecule has 1 aromatic rings. The molecule has 1 rings (SSSR count). The molecule has 0 saturated heterocycles. The van der Waals surface area contributed by atoms with E-state index in [1.54, 1.807) is 6.20 Å². The Morgan fingerprint density at radius 2 is 2.05 bits per heavy atom. The number of nitrogens with one attached hydrogen (secondary N) is 1. The second kappa shape index (κ2) is 19.6. The van der Waals surface area contributed by atoms with Crippen molar-refractivity contribution < 1.29 is 26.4 Å². The number of carboxylic acids is 1. The van der Waals surface area contributed by atoms with Crippen LogP contribution in [0, 0.1) is 10.1 Å². The topological polar surface area (TPSA) is 211 Å². The molecule has 1 unspecified atom stereocenters. The molecular weight excluding hydrogens is 486 g/mol. The Morgan fingerprint density at radius 3 is 2.32 bits per heavy atom. The van der Waals surface area contributed by atoms with Crippen molar-refractivity contribution in [2.24, 2.45) is 11.1 Å². The van der Waals surface area contributed by atoms with E-state index in [-0.39, 0.29) is 18.7 Å². The molecule has 1 heterocycles. The quantitative estimate of drug-likeness (QED) is 0.419. The van der Waals surface area contributed by atoms with Crippen molar-refractivity contribution in [1.82, 2.24) is 9.97 Å². The third-order valence-electron chi connectivity index (χ3n) is 1.30. The number of hydrogen-bond donors (Lipinski definition) is 3. The molecular formula is C6H13Cl2N6O4Pt-. The molecule has 8 N–H and O–H groups in total. The summed E-state index contributed by atoms with van der Waals surface area (Å²) in [5.41, 5.74) is 5.92. The van der Waals surface area contributed by atoms with Crippen molar-refractivity contribution in [2.75, 3.05) is 0 Å². The summed E-state index contributed by atoms with van der Waals surface area (Å²) >= 11 is -0.472. The van der Waals surface area contributed by atoms with Crippen LogP contribution in [0.3, 0.4) is 0 Å². The van der Waals surface area contributed by atoms with Gasteiger partial charge in [0.2, 0.25) is 0 Å². The van der Waals surface area contributed by atoms with Crippen molar-refractivity contribution in [3.8, 4) is 0 Å². The van der Waals surface area contributed by atoms with Gasteiger partial charge >= 0.3 is 41.3 Å². The van der Waals surface area contributed by atoms with Gasteiger partial charge in [0.05, 0.1) is 12.0 Å². The van der Waals surface area contributed by atoms with E-state index in [4.69, 9.17) is 39.8 Å². The number of hydrogen-bond acceptors (Lipinski definition) is 6. The van der Waals surface area contributed by atoms with Crippen LogP contribution in [0.15, 0.2) is 17.9 Å². The summed E-state index contributed by atoms with van der Waals surface area (Å²) in [6.07, 6.45) is 3.38. The number of halogens is 2. The SMILES string of the molecule is NC(Cc1c[nH]cn1)C(=O)O.O=N[O-].[Cl][Pt+2][Cl].[NH2-].[NH2-]. The van der Waals surface area contributed by atoms with Gasteiger partial charge in [0, 0.05) is 12.6 Å². The number of aliphatic carboxylic acids is 1. The zero-order valence-corrected chi connectivity index (χ0v) is 13.1. The minimum Gasteiger partial charge on any atom is -0.693 e. The summed E-state index contributed by atoms with van der Waals surface area (Å²) in [6.45, 7) is 0. The third kappa shape index (κ3) is 19.7. The van der Waals surface area contributed by atoms with Gasteiger partial charge in [0.1, 0.15) is 6.04 Å². The fourth-order valence-corrected chi connectivity index (χ4v) is 0.715.